The van der Waals surface area contributed by atoms with Crippen LogP contribution in [0.4, 0.5) is 0 Å². The Kier molecular flexibility index (Phi) is 4.85. The molecule has 122 valence electrons. The molecule has 1 aromatic heterocycles. The first-order valence-electron chi connectivity index (χ1n) is 7.70. The van der Waals surface area contributed by atoms with Gasteiger partial charge in [0.15, 0.2) is 0 Å². The first-order valence-corrected chi connectivity index (χ1v) is 8.58. The molecule has 1 amide bonds. The normalized spacial score (nSPS) is 15.2. The van der Waals surface area contributed by atoms with Crippen LogP contribution in [-0.2, 0) is 4.79 Å². The standard InChI is InChI=1S/C16H19N3O3S/c1-3-21-13-7-5-4-6-12(13)15-18-19-16(22-15)23-10(2)14(20)17-11-8-9-11/h4-7,10-11H,3,8-9H2,1-2H3,(H,17,20). The van der Waals surface area contributed by atoms with E-state index in [2.05, 4.69) is 15.5 Å². The highest BCUT2D eigenvalue weighted by atomic mass is 32.2. The summed E-state index contributed by atoms with van der Waals surface area (Å²) in [6.07, 6.45) is 2.14. The van der Waals surface area contributed by atoms with Crippen molar-refractivity contribution in [2.24, 2.45) is 0 Å². The Morgan fingerprint density at radius 1 is 1.43 bits per heavy atom. The van der Waals surface area contributed by atoms with Gasteiger partial charge in [0.2, 0.25) is 5.91 Å². The molecule has 2 aromatic rings. The fourth-order valence-corrected chi connectivity index (χ4v) is 2.73. The predicted octanol–water partition coefficient (Wildman–Crippen LogP) is 2.89. The molecule has 23 heavy (non-hydrogen) atoms. The van der Waals surface area contributed by atoms with Crippen LogP contribution < -0.4 is 10.1 Å². The van der Waals surface area contributed by atoms with Gasteiger partial charge in [0.1, 0.15) is 5.75 Å². The third kappa shape index (κ3) is 4.04. The number of ether oxygens (including phenoxy) is 1. The quantitative estimate of drug-likeness (QED) is 0.785. The van der Waals surface area contributed by atoms with Crippen LogP contribution in [0.25, 0.3) is 11.5 Å². The van der Waals surface area contributed by atoms with Crippen molar-refractivity contribution in [1.82, 2.24) is 15.5 Å². The van der Waals surface area contributed by atoms with Gasteiger partial charge in [-0.25, -0.2) is 0 Å². The second-order valence-electron chi connectivity index (χ2n) is 5.35. The van der Waals surface area contributed by atoms with E-state index in [4.69, 9.17) is 9.15 Å². The Labute approximate surface area is 139 Å². The van der Waals surface area contributed by atoms with Crippen molar-refractivity contribution in [1.29, 1.82) is 0 Å². The molecular formula is C16H19N3O3S. The van der Waals surface area contributed by atoms with Crippen molar-refractivity contribution >= 4 is 17.7 Å². The smallest absolute Gasteiger partial charge is 0.277 e. The molecule has 1 fully saturated rings. The largest absolute Gasteiger partial charge is 0.493 e. The number of carbonyl (C=O) groups excluding carboxylic acids is 1. The summed E-state index contributed by atoms with van der Waals surface area (Å²) in [6.45, 7) is 4.32. The van der Waals surface area contributed by atoms with Crippen molar-refractivity contribution in [3.8, 4) is 17.2 Å². The number of hydrogen-bond acceptors (Lipinski definition) is 6. The number of nitrogens with zero attached hydrogens (tertiary/aromatic N) is 2. The second kappa shape index (κ2) is 7.04. The average molecular weight is 333 g/mol. The van der Waals surface area contributed by atoms with E-state index in [1.54, 1.807) is 0 Å². The molecule has 1 atom stereocenters. The molecule has 1 aromatic carbocycles. The number of aromatic nitrogens is 2. The minimum atomic E-state index is -0.272. The van der Waals surface area contributed by atoms with Gasteiger partial charge in [0, 0.05) is 6.04 Å². The van der Waals surface area contributed by atoms with E-state index in [1.165, 1.54) is 11.8 Å². The van der Waals surface area contributed by atoms with Gasteiger partial charge in [0.05, 0.1) is 17.4 Å². The van der Waals surface area contributed by atoms with Crippen LogP contribution >= 0.6 is 11.8 Å². The molecule has 1 heterocycles. The zero-order valence-corrected chi connectivity index (χ0v) is 13.9. The molecule has 0 bridgehead atoms. The van der Waals surface area contributed by atoms with Crippen LogP contribution in [-0.4, -0.2) is 34.0 Å². The highest BCUT2D eigenvalue weighted by Gasteiger charge is 2.27. The van der Waals surface area contributed by atoms with Crippen molar-refractivity contribution < 1.29 is 13.9 Å². The molecule has 0 saturated heterocycles. The third-order valence-electron chi connectivity index (χ3n) is 3.39. The zero-order valence-electron chi connectivity index (χ0n) is 13.1. The van der Waals surface area contributed by atoms with E-state index < -0.39 is 0 Å². The van der Waals surface area contributed by atoms with Gasteiger partial charge in [-0.15, -0.1) is 10.2 Å². The lowest BCUT2D eigenvalue weighted by Gasteiger charge is -2.08. The summed E-state index contributed by atoms with van der Waals surface area (Å²) in [5, 5.41) is 11.2. The van der Waals surface area contributed by atoms with Gasteiger partial charge in [-0.1, -0.05) is 23.9 Å². The van der Waals surface area contributed by atoms with Crippen molar-refractivity contribution in [2.75, 3.05) is 6.61 Å². The van der Waals surface area contributed by atoms with E-state index in [9.17, 15) is 4.79 Å². The highest BCUT2D eigenvalue weighted by molar-refractivity contribution is 8.00. The van der Waals surface area contributed by atoms with E-state index in [0.29, 0.717) is 29.5 Å². The Hall–Kier alpha value is -2.02. The number of rotatable bonds is 7. The van der Waals surface area contributed by atoms with E-state index in [-0.39, 0.29) is 11.2 Å². The fraction of sp³-hybridized carbons (Fsp3) is 0.438. The number of para-hydroxylation sites is 1. The molecule has 7 heteroatoms. The predicted molar refractivity (Wildman–Crippen MR) is 87.4 cm³/mol. The first-order chi connectivity index (χ1) is 11.2. The Morgan fingerprint density at radius 3 is 2.96 bits per heavy atom. The van der Waals surface area contributed by atoms with Gasteiger partial charge >= 0.3 is 0 Å². The maximum absolute atomic E-state index is 12.0. The van der Waals surface area contributed by atoms with Crippen molar-refractivity contribution in [3.05, 3.63) is 24.3 Å². The molecule has 1 aliphatic rings. The van der Waals surface area contributed by atoms with E-state index in [1.807, 2.05) is 38.1 Å². The van der Waals surface area contributed by atoms with Gasteiger partial charge in [-0.2, -0.15) is 0 Å². The van der Waals surface area contributed by atoms with Gasteiger partial charge in [0.25, 0.3) is 11.1 Å². The minimum absolute atomic E-state index is 0.00645. The third-order valence-corrected chi connectivity index (χ3v) is 4.33. The lowest BCUT2D eigenvalue weighted by atomic mass is 10.2. The van der Waals surface area contributed by atoms with Gasteiger partial charge < -0.3 is 14.5 Å². The van der Waals surface area contributed by atoms with Crippen LogP contribution in [0.5, 0.6) is 5.75 Å². The number of nitrogens with one attached hydrogen (secondary N) is 1. The number of hydrogen-bond donors (Lipinski definition) is 1. The Bertz CT molecular complexity index is 685. The second-order valence-corrected chi connectivity index (χ2v) is 6.64. The molecule has 1 aliphatic carbocycles. The van der Waals surface area contributed by atoms with Crippen LogP contribution in [0, 0.1) is 0 Å². The first kappa shape index (κ1) is 15.9. The SMILES string of the molecule is CCOc1ccccc1-c1nnc(SC(C)C(=O)NC2CC2)o1. The monoisotopic (exact) mass is 333 g/mol. The van der Waals surface area contributed by atoms with Crippen LogP contribution in [0.15, 0.2) is 33.9 Å². The molecule has 0 aliphatic heterocycles. The number of benzene rings is 1. The van der Waals surface area contributed by atoms with E-state index in [0.717, 1.165) is 18.4 Å². The molecule has 1 unspecified atom stereocenters. The number of thioether (sulfide) groups is 1. The molecule has 6 nitrogen and oxygen atoms in total. The zero-order chi connectivity index (χ0) is 16.2. The number of amides is 1. The van der Waals surface area contributed by atoms with Crippen LogP contribution in [0.2, 0.25) is 0 Å². The summed E-state index contributed by atoms with van der Waals surface area (Å²) in [5.74, 6) is 1.10. The fourth-order valence-electron chi connectivity index (χ4n) is 2.04. The molecule has 0 spiro atoms. The average Bonchev–Trinajstić information content (AvgIpc) is 3.24. The highest BCUT2D eigenvalue weighted by Crippen LogP contribution is 2.32. The molecule has 1 N–H and O–H groups in total. The van der Waals surface area contributed by atoms with Crippen LogP contribution in [0.1, 0.15) is 26.7 Å². The van der Waals surface area contributed by atoms with Crippen molar-refractivity contribution in [2.45, 2.75) is 43.2 Å². The lowest BCUT2D eigenvalue weighted by molar-refractivity contribution is -0.120. The van der Waals surface area contributed by atoms with Crippen LogP contribution in [0.3, 0.4) is 0 Å². The molecular weight excluding hydrogens is 314 g/mol. The summed E-state index contributed by atoms with van der Waals surface area (Å²) in [6, 6.07) is 7.87. The maximum atomic E-state index is 12.0. The molecule has 1 saturated carbocycles. The summed E-state index contributed by atoms with van der Waals surface area (Å²) in [7, 11) is 0. The van der Waals surface area contributed by atoms with Crippen molar-refractivity contribution in [3.63, 3.8) is 0 Å². The Morgan fingerprint density at radius 2 is 2.22 bits per heavy atom. The summed E-state index contributed by atoms with van der Waals surface area (Å²) in [5.41, 5.74) is 0.754. The van der Waals surface area contributed by atoms with Gasteiger partial charge in [-0.3, -0.25) is 4.79 Å². The maximum Gasteiger partial charge on any atom is 0.277 e. The summed E-state index contributed by atoms with van der Waals surface area (Å²) in [4.78, 5) is 12.0. The lowest BCUT2D eigenvalue weighted by Crippen LogP contribution is -2.32. The topological polar surface area (TPSA) is 77.2 Å². The summed E-state index contributed by atoms with van der Waals surface area (Å²) < 4.78 is 11.3. The summed E-state index contributed by atoms with van der Waals surface area (Å²) >= 11 is 1.26. The minimum Gasteiger partial charge on any atom is -0.493 e. The molecule has 3 rings (SSSR count). The molecule has 0 radical (unpaired) electrons. The van der Waals surface area contributed by atoms with Gasteiger partial charge in [-0.05, 0) is 38.8 Å². The number of carbonyl (C=O) groups is 1. The Balaban J connectivity index is 1.69. The van der Waals surface area contributed by atoms with E-state index >= 15 is 0 Å².